The van der Waals surface area contributed by atoms with Crippen LogP contribution < -0.4 is 10.3 Å². The topological polar surface area (TPSA) is 83.5 Å². The monoisotopic (exact) mass is 535 g/mol. The van der Waals surface area contributed by atoms with Crippen molar-refractivity contribution >= 4 is 27.7 Å². The van der Waals surface area contributed by atoms with Gasteiger partial charge in [0, 0.05) is 67.5 Å². The summed E-state index contributed by atoms with van der Waals surface area (Å²) in [5, 5.41) is 1.95. The van der Waals surface area contributed by atoms with Crippen LogP contribution in [0, 0.1) is 0 Å². The first-order valence-corrected chi connectivity index (χ1v) is 13.8. The number of benzene rings is 2. The Balaban J connectivity index is 1.14. The quantitative estimate of drug-likeness (QED) is 0.327. The van der Waals surface area contributed by atoms with Crippen LogP contribution in [0.15, 0.2) is 77.9 Å². The molecule has 0 saturated carbocycles. The number of nitrogens with one attached hydrogen (secondary N) is 1. The summed E-state index contributed by atoms with van der Waals surface area (Å²) in [5.74, 6) is 0.996. The van der Waals surface area contributed by atoms with Crippen LogP contribution in [0.4, 0.5) is 0 Å². The van der Waals surface area contributed by atoms with E-state index in [9.17, 15) is 9.59 Å². The van der Waals surface area contributed by atoms with E-state index in [1.807, 2.05) is 67.4 Å². The molecule has 8 nitrogen and oxygen atoms in total. The lowest BCUT2D eigenvalue weighted by molar-refractivity contribution is -0.140. The van der Waals surface area contributed by atoms with Gasteiger partial charge in [0.2, 0.25) is 5.91 Å². The molecule has 8 heteroatoms. The van der Waals surface area contributed by atoms with Crippen molar-refractivity contribution in [2.24, 2.45) is 7.05 Å². The molecule has 1 fully saturated rings. The molecule has 0 bridgehead atoms. The molecule has 204 valence electrons. The first kappa shape index (κ1) is 25.8. The number of pyridine rings is 2. The fourth-order valence-corrected chi connectivity index (χ4v) is 5.55. The Labute approximate surface area is 232 Å². The Hall–Kier alpha value is -4.43. The molecule has 3 aromatic heterocycles. The number of carbonyl (C=O) groups is 1. The van der Waals surface area contributed by atoms with Gasteiger partial charge in [-0.25, -0.2) is 4.98 Å². The van der Waals surface area contributed by atoms with E-state index < -0.39 is 0 Å². The van der Waals surface area contributed by atoms with Gasteiger partial charge < -0.3 is 19.2 Å². The first-order chi connectivity index (χ1) is 19.4. The molecular weight excluding hydrogens is 502 g/mol. The summed E-state index contributed by atoms with van der Waals surface area (Å²) in [6, 6.07) is 20.1. The Morgan fingerprint density at radius 2 is 1.80 bits per heavy atom. The standard InChI is InChI=1S/C32H33N5O3/c1-4-36-15-16-37(21(2)31(36)38)17-18-40-25-9-5-22(6-10-25)28-12-8-24-19-23(7-11-29(24)34-28)27-20-35(3)32(39)30-26(27)13-14-33-30/h5-14,19-21,33H,4,15-18H2,1-3H3/t21-/m1/s1. The van der Waals surface area contributed by atoms with Gasteiger partial charge in [0.15, 0.2) is 0 Å². The van der Waals surface area contributed by atoms with Gasteiger partial charge >= 0.3 is 0 Å². The number of hydrogen-bond acceptors (Lipinski definition) is 5. The Kier molecular flexibility index (Phi) is 6.86. The maximum absolute atomic E-state index is 12.4. The third kappa shape index (κ3) is 4.75. The lowest BCUT2D eigenvalue weighted by Gasteiger charge is -2.38. The molecule has 4 heterocycles. The highest BCUT2D eigenvalue weighted by atomic mass is 16.5. The van der Waals surface area contributed by atoms with Crippen LogP contribution in [0.3, 0.4) is 0 Å². The summed E-state index contributed by atoms with van der Waals surface area (Å²) >= 11 is 0. The van der Waals surface area contributed by atoms with Crippen LogP contribution in [0.5, 0.6) is 5.75 Å². The molecule has 0 aliphatic carbocycles. The van der Waals surface area contributed by atoms with E-state index in [0.29, 0.717) is 12.1 Å². The van der Waals surface area contributed by atoms with E-state index in [1.54, 1.807) is 17.8 Å². The van der Waals surface area contributed by atoms with E-state index in [0.717, 1.165) is 70.6 Å². The lowest BCUT2D eigenvalue weighted by Crippen LogP contribution is -2.56. The lowest BCUT2D eigenvalue weighted by atomic mass is 10.0. The number of piperazine rings is 1. The molecule has 0 unspecified atom stereocenters. The Bertz CT molecular complexity index is 1750. The summed E-state index contributed by atoms with van der Waals surface area (Å²) in [5.41, 5.74) is 5.43. The van der Waals surface area contributed by atoms with Crippen molar-refractivity contribution in [3.63, 3.8) is 0 Å². The largest absolute Gasteiger partial charge is 0.492 e. The maximum atomic E-state index is 12.4. The second-order valence-corrected chi connectivity index (χ2v) is 10.3. The summed E-state index contributed by atoms with van der Waals surface area (Å²) < 4.78 is 7.60. The van der Waals surface area contributed by atoms with Crippen LogP contribution >= 0.6 is 0 Å². The van der Waals surface area contributed by atoms with Crippen molar-refractivity contribution < 1.29 is 9.53 Å². The van der Waals surface area contributed by atoms with Crippen molar-refractivity contribution in [3.8, 4) is 28.1 Å². The van der Waals surface area contributed by atoms with Crippen molar-refractivity contribution in [1.82, 2.24) is 24.3 Å². The van der Waals surface area contributed by atoms with E-state index in [4.69, 9.17) is 9.72 Å². The van der Waals surface area contributed by atoms with Crippen LogP contribution in [-0.2, 0) is 11.8 Å². The number of aromatic nitrogens is 3. The average molecular weight is 536 g/mol. The van der Waals surface area contributed by atoms with Crippen LogP contribution in [0.1, 0.15) is 13.8 Å². The van der Waals surface area contributed by atoms with Gasteiger partial charge in [0.1, 0.15) is 17.9 Å². The molecule has 6 rings (SSSR count). The zero-order valence-electron chi connectivity index (χ0n) is 23.1. The number of amides is 1. The van der Waals surface area contributed by atoms with Gasteiger partial charge in [0.05, 0.1) is 17.3 Å². The number of carbonyl (C=O) groups excluding carboxylic acids is 1. The second-order valence-electron chi connectivity index (χ2n) is 10.3. The van der Waals surface area contributed by atoms with Crippen molar-refractivity contribution in [2.75, 3.05) is 32.8 Å². The second kappa shape index (κ2) is 10.6. The van der Waals surface area contributed by atoms with Gasteiger partial charge in [-0.2, -0.15) is 0 Å². The number of fused-ring (bicyclic) bond motifs is 2. The molecule has 1 amide bonds. The minimum absolute atomic E-state index is 0.0381. The summed E-state index contributed by atoms with van der Waals surface area (Å²) in [7, 11) is 1.77. The van der Waals surface area contributed by atoms with Gasteiger partial charge in [-0.3, -0.25) is 14.5 Å². The predicted octanol–water partition coefficient (Wildman–Crippen LogP) is 4.68. The Morgan fingerprint density at radius 1 is 1.00 bits per heavy atom. The fraction of sp³-hybridized carbons (Fsp3) is 0.281. The van der Waals surface area contributed by atoms with Crippen LogP contribution in [0.25, 0.3) is 44.2 Å². The highest BCUT2D eigenvalue weighted by Gasteiger charge is 2.30. The van der Waals surface area contributed by atoms with E-state index >= 15 is 0 Å². The van der Waals surface area contributed by atoms with E-state index in [2.05, 4.69) is 28.1 Å². The zero-order valence-corrected chi connectivity index (χ0v) is 23.1. The number of likely N-dealkylation sites (N-methyl/N-ethyl adjacent to an activating group) is 1. The number of aromatic amines is 1. The molecule has 40 heavy (non-hydrogen) atoms. The van der Waals surface area contributed by atoms with Crippen LogP contribution in [-0.4, -0.2) is 69.1 Å². The van der Waals surface area contributed by atoms with Crippen molar-refractivity contribution in [2.45, 2.75) is 19.9 Å². The number of ether oxygens (including phenoxy) is 1. The number of rotatable bonds is 7. The van der Waals surface area contributed by atoms with E-state index in [1.165, 1.54) is 0 Å². The van der Waals surface area contributed by atoms with Crippen molar-refractivity contribution in [3.05, 3.63) is 83.4 Å². The molecule has 1 saturated heterocycles. The third-order valence-corrected chi connectivity index (χ3v) is 7.95. The highest BCUT2D eigenvalue weighted by Crippen LogP contribution is 2.30. The normalized spacial score (nSPS) is 16.2. The molecule has 2 aromatic carbocycles. The summed E-state index contributed by atoms with van der Waals surface area (Å²) in [6.45, 7) is 7.66. The average Bonchev–Trinajstić information content (AvgIpc) is 3.48. The van der Waals surface area contributed by atoms with Gasteiger partial charge in [-0.15, -0.1) is 0 Å². The van der Waals surface area contributed by atoms with Crippen LogP contribution in [0.2, 0.25) is 0 Å². The molecule has 1 N–H and O–H groups in total. The Morgan fingerprint density at radius 3 is 2.60 bits per heavy atom. The molecule has 0 radical (unpaired) electrons. The number of H-pyrrole nitrogens is 1. The fourth-order valence-electron chi connectivity index (χ4n) is 5.55. The molecule has 1 atom stereocenters. The number of aryl methyl sites for hydroxylation is 1. The predicted molar refractivity (Wildman–Crippen MR) is 158 cm³/mol. The summed E-state index contributed by atoms with van der Waals surface area (Å²) in [4.78, 5) is 36.9. The summed E-state index contributed by atoms with van der Waals surface area (Å²) in [6.07, 6.45) is 3.69. The highest BCUT2D eigenvalue weighted by molar-refractivity contribution is 5.97. The minimum Gasteiger partial charge on any atom is -0.492 e. The third-order valence-electron chi connectivity index (χ3n) is 7.95. The molecule has 1 aliphatic rings. The smallest absolute Gasteiger partial charge is 0.274 e. The van der Waals surface area contributed by atoms with Crippen molar-refractivity contribution in [1.29, 1.82) is 0 Å². The first-order valence-electron chi connectivity index (χ1n) is 13.8. The molecule has 5 aromatic rings. The molecular formula is C32H33N5O3. The SMILES string of the molecule is CCN1CCN(CCOc2ccc(-c3ccc4cc(-c5cn(C)c(=O)c6[nH]ccc56)ccc4n3)cc2)[C@H](C)C1=O. The number of nitrogens with zero attached hydrogens (tertiary/aromatic N) is 4. The van der Waals surface area contributed by atoms with Gasteiger partial charge in [0.25, 0.3) is 5.56 Å². The minimum atomic E-state index is -0.106. The molecule has 1 aliphatic heterocycles. The zero-order chi connectivity index (χ0) is 27.8. The maximum Gasteiger partial charge on any atom is 0.274 e. The van der Waals surface area contributed by atoms with E-state index in [-0.39, 0.29) is 17.5 Å². The van der Waals surface area contributed by atoms with Gasteiger partial charge in [-0.1, -0.05) is 12.1 Å². The molecule has 0 spiro atoms. The van der Waals surface area contributed by atoms with Gasteiger partial charge in [-0.05, 0) is 67.9 Å². The number of hydrogen-bond donors (Lipinski definition) is 1.